The molecule has 1 aliphatic heterocycles. The summed E-state index contributed by atoms with van der Waals surface area (Å²) in [5, 5.41) is 0. The van der Waals surface area contributed by atoms with Gasteiger partial charge in [-0.1, -0.05) is 6.07 Å². The van der Waals surface area contributed by atoms with Gasteiger partial charge in [0.1, 0.15) is 0 Å². The van der Waals surface area contributed by atoms with Gasteiger partial charge in [0, 0.05) is 31.1 Å². The molecule has 0 spiro atoms. The molecule has 0 saturated carbocycles. The van der Waals surface area contributed by atoms with Crippen LogP contribution >= 0.6 is 0 Å². The molecule has 4 N–H and O–H groups in total. The smallest absolute Gasteiger partial charge is 0.220 e. The number of benzene rings is 1. The molecule has 1 heterocycles. The number of anilines is 1. The maximum Gasteiger partial charge on any atom is 0.220 e. The summed E-state index contributed by atoms with van der Waals surface area (Å²) in [6.45, 7) is 0.949. The van der Waals surface area contributed by atoms with E-state index < -0.39 is 11.6 Å². The standard InChI is InChI=1S/C13H17F2N3O/c14-11-9(7-16)1-2-10(12(11)15)18-5-3-8(4-6-18)13(17)19/h1-2,8H,3-7,16H2,(H2,17,19). The molecular formula is C13H17F2N3O. The molecule has 0 radical (unpaired) electrons. The van der Waals surface area contributed by atoms with Crippen molar-refractivity contribution in [1.82, 2.24) is 0 Å². The number of carbonyl (C=O) groups excluding carboxylic acids is 1. The minimum absolute atomic E-state index is 0.0349. The Hall–Kier alpha value is -1.69. The summed E-state index contributed by atoms with van der Waals surface area (Å²) in [4.78, 5) is 12.8. The van der Waals surface area contributed by atoms with Gasteiger partial charge in [-0.2, -0.15) is 0 Å². The second-order valence-electron chi connectivity index (χ2n) is 4.74. The van der Waals surface area contributed by atoms with E-state index in [9.17, 15) is 13.6 Å². The third-order valence-corrected chi connectivity index (χ3v) is 3.60. The van der Waals surface area contributed by atoms with E-state index in [4.69, 9.17) is 11.5 Å². The summed E-state index contributed by atoms with van der Waals surface area (Å²) in [5.74, 6) is -2.27. The van der Waals surface area contributed by atoms with E-state index in [0.717, 1.165) is 0 Å². The van der Waals surface area contributed by atoms with Crippen LogP contribution in [0.2, 0.25) is 0 Å². The molecule has 4 nitrogen and oxygen atoms in total. The number of primary amides is 1. The fraction of sp³-hybridized carbons (Fsp3) is 0.462. The maximum absolute atomic E-state index is 13.9. The summed E-state index contributed by atoms with van der Waals surface area (Å²) in [6.07, 6.45) is 1.13. The van der Waals surface area contributed by atoms with Gasteiger partial charge in [0.15, 0.2) is 11.6 Å². The fourth-order valence-electron chi connectivity index (χ4n) is 2.39. The largest absolute Gasteiger partial charge is 0.369 e. The van der Waals surface area contributed by atoms with Gasteiger partial charge in [0.05, 0.1) is 5.69 Å². The van der Waals surface area contributed by atoms with Crippen molar-refractivity contribution in [2.45, 2.75) is 19.4 Å². The van der Waals surface area contributed by atoms with Crippen LogP contribution in [0.3, 0.4) is 0 Å². The second kappa shape index (κ2) is 5.52. The number of piperidine rings is 1. The Balaban J connectivity index is 2.16. The second-order valence-corrected chi connectivity index (χ2v) is 4.74. The lowest BCUT2D eigenvalue weighted by molar-refractivity contribution is -0.122. The summed E-state index contributed by atoms with van der Waals surface area (Å²) < 4.78 is 27.6. The van der Waals surface area contributed by atoms with Gasteiger partial charge in [-0.25, -0.2) is 8.78 Å². The van der Waals surface area contributed by atoms with Gasteiger partial charge in [0.25, 0.3) is 0 Å². The van der Waals surface area contributed by atoms with Crippen molar-refractivity contribution in [1.29, 1.82) is 0 Å². The fourth-order valence-corrected chi connectivity index (χ4v) is 2.39. The van der Waals surface area contributed by atoms with Crippen LogP contribution in [0, 0.1) is 17.6 Å². The quantitative estimate of drug-likeness (QED) is 0.864. The number of carbonyl (C=O) groups is 1. The Morgan fingerprint density at radius 2 is 1.89 bits per heavy atom. The third kappa shape index (κ3) is 2.68. The molecule has 0 aromatic heterocycles. The average Bonchev–Trinajstić information content (AvgIpc) is 2.42. The monoisotopic (exact) mass is 269 g/mol. The van der Waals surface area contributed by atoms with Crippen molar-refractivity contribution in [2.24, 2.45) is 17.4 Å². The highest BCUT2D eigenvalue weighted by Gasteiger charge is 2.25. The topological polar surface area (TPSA) is 72.3 Å². The normalized spacial score (nSPS) is 16.7. The summed E-state index contributed by atoms with van der Waals surface area (Å²) in [5.41, 5.74) is 10.9. The van der Waals surface area contributed by atoms with E-state index in [0.29, 0.717) is 25.9 Å². The van der Waals surface area contributed by atoms with Crippen LogP contribution in [-0.2, 0) is 11.3 Å². The average molecular weight is 269 g/mol. The van der Waals surface area contributed by atoms with E-state index >= 15 is 0 Å². The number of hydrogen-bond donors (Lipinski definition) is 2. The first-order valence-electron chi connectivity index (χ1n) is 6.25. The third-order valence-electron chi connectivity index (χ3n) is 3.60. The Morgan fingerprint density at radius 1 is 1.26 bits per heavy atom. The first-order chi connectivity index (χ1) is 9.04. The van der Waals surface area contributed by atoms with E-state index in [-0.39, 0.29) is 29.6 Å². The van der Waals surface area contributed by atoms with Crippen molar-refractivity contribution >= 4 is 11.6 Å². The predicted octanol–water partition coefficient (Wildman–Crippen LogP) is 1.13. The summed E-state index contributed by atoms with van der Waals surface area (Å²) in [6, 6.07) is 3.03. The minimum Gasteiger partial charge on any atom is -0.369 e. The number of amides is 1. The summed E-state index contributed by atoms with van der Waals surface area (Å²) >= 11 is 0. The Labute approximate surface area is 110 Å². The van der Waals surface area contributed by atoms with Crippen LogP contribution in [-0.4, -0.2) is 19.0 Å². The van der Waals surface area contributed by atoms with E-state index in [1.807, 2.05) is 0 Å². The van der Waals surface area contributed by atoms with Crippen molar-refractivity contribution in [3.63, 3.8) is 0 Å². The van der Waals surface area contributed by atoms with Crippen LogP contribution in [0.15, 0.2) is 12.1 Å². The van der Waals surface area contributed by atoms with Gasteiger partial charge in [-0.3, -0.25) is 4.79 Å². The van der Waals surface area contributed by atoms with Crippen LogP contribution in [0.5, 0.6) is 0 Å². The summed E-state index contributed by atoms with van der Waals surface area (Å²) in [7, 11) is 0. The zero-order valence-electron chi connectivity index (χ0n) is 10.5. The molecule has 0 atom stereocenters. The predicted molar refractivity (Wildman–Crippen MR) is 68.4 cm³/mol. The van der Waals surface area contributed by atoms with Gasteiger partial charge in [-0.05, 0) is 18.9 Å². The van der Waals surface area contributed by atoms with Crippen molar-refractivity contribution in [2.75, 3.05) is 18.0 Å². The number of halogens is 2. The molecular weight excluding hydrogens is 252 g/mol. The number of hydrogen-bond acceptors (Lipinski definition) is 3. The lowest BCUT2D eigenvalue weighted by Gasteiger charge is -2.32. The molecule has 1 aliphatic rings. The number of nitrogens with two attached hydrogens (primary N) is 2. The Morgan fingerprint density at radius 3 is 2.42 bits per heavy atom. The van der Waals surface area contributed by atoms with Crippen LogP contribution in [0.25, 0.3) is 0 Å². The van der Waals surface area contributed by atoms with E-state index in [1.54, 1.807) is 4.90 Å². The molecule has 0 bridgehead atoms. The first-order valence-corrected chi connectivity index (χ1v) is 6.25. The van der Waals surface area contributed by atoms with Crippen molar-refractivity contribution < 1.29 is 13.6 Å². The van der Waals surface area contributed by atoms with E-state index in [1.165, 1.54) is 12.1 Å². The lowest BCUT2D eigenvalue weighted by atomic mass is 9.96. The first kappa shape index (κ1) is 13.7. The van der Waals surface area contributed by atoms with Gasteiger partial charge < -0.3 is 16.4 Å². The lowest BCUT2D eigenvalue weighted by Crippen LogP contribution is -2.39. The van der Waals surface area contributed by atoms with Crippen LogP contribution < -0.4 is 16.4 Å². The van der Waals surface area contributed by atoms with Crippen LogP contribution in [0.1, 0.15) is 18.4 Å². The maximum atomic E-state index is 13.9. The molecule has 2 rings (SSSR count). The minimum atomic E-state index is -0.892. The van der Waals surface area contributed by atoms with Gasteiger partial charge >= 0.3 is 0 Å². The van der Waals surface area contributed by atoms with Gasteiger partial charge in [0.2, 0.25) is 5.91 Å². The Kier molecular flexibility index (Phi) is 3.99. The van der Waals surface area contributed by atoms with Crippen molar-refractivity contribution in [3.8, 4) is 0 Å². The molecule has 1 aromatic rings. The SMILES string of the molecule is NCc1ccc(N2CCC(C(N)=O)CC2)c(F)c1F. The van der Waals surface area contributed by atoms with E-state index in [2.05, 4.69) is 0 Å². The van der Waals surface area contributed by atoms with Gasteiger partial charge in [-0.15, -0.1) is 0 Å². The molecule has 0 aliphatic carbocycles. The molecule has 6 heteroatoms. The van der Waals surface area contributed by atoms with Crippen LogP contribution in [0.4, 0.5) is 14.5 Å². The highest BCUT2D eigenvalue weighted by molar-refractivity contribution is 5.77. The number of rotatable bonds is 3. The Bertz CT molecular complexity index is 485. The molecule has 1 fully saturated rings. The number of nitrogens with zero attached hydrogens (tertiary/aromatic N) is 1. The zero-order valence-corrected chi connectivity index (χ0v) is 10.5. The highest BCUT2D eigenvalue weighted by atomic mass is 19.2. The molecule has 104 valence electrons. The molecule has 0 unspecified atom stereocenters. The molecule has 1 saturated heterocycles. The molecule has 1 amide bonds. The molecule has 1 aromatic carbocycles. The van der Waals surface area contributed by atoms with Crippen molar-refractivity contribution in [3.05, 3.63) is 29.3 Å². The highest BCUT2D eigenvalue weighted by Crippen LogP contribution is 2.28. The molecule has 19 heavy (non-hydrogen) atoms. The zero-order chi connectivity index (χ0) is 14.0.